The molecule has 0 bridgehead atoms. The predicted octanol–water partition coefficient (Wildman–Crippen LogP) is 4.20. The number of halogens is 1. The van der Waals surface area contributed by atoms with Crippen molar-refractivity contribution in [3.05, 3.63) is 65.2 Å². The van der Waals surface area contributed by atoms with Crippen molar-refractivity contribution in [2.75, 3.05) is 6.54 Å². The first-order valence-corrected chi connectivity index (χ1v) is 7.59. The zero-order valence-electron chi connectivity index (χ0n) is 12.8. The molecule has 0 saturated heterocycles. The molecule has 0 radical (unpaired) electrons. The quantitative estimate of drug-likeness (QED) is 0.825. The number of nitrogens with zero attached hydrogens (tertiary/aromatic N) is 1. The van der Waals surface area contributed by atoms with Crippen LogP contribution in [-0.2, 0) is 6.42 Å². The summed E-state index contributed by atoms with van der Waals surface area (Å²) in [6, 6.07) is 9.43. The van der Waals surface area contributed by atoms with Gasteiger partial charge in [0.25, 0.3) is 0 Å². The molecule has 1 unspecified atom stereocenters. The van der Waals surface area contributed by atoms with E-state index in [9.17, 15) is 4.39 Å². The van der Waals surface area contributed by atoms with Gasteiger partial charge in [-0.05, 0) is 73.7 Å². The van der Waals surface area contributed by atoms with Crippen LogP contribution < -0.4 is 5.32 Å². The highest BCUT2D eigenvalue weighted by molar-refractivity contribution is 5.30. The summed E-state index contributed by atoms with van der Waals surface area (Å²) in [7, 11) is 0. The topological polar surface area (TPSA) is 24.9 Å². The molecule has 0 spiro atoms. The molecule has 1 aromatic carbocycles. The predicted molar refractivity (Wildman–Crippen MR) is 84.7 cm³/mol. The van der Waals surface area contributed by atoms with Gasteiger partial charge in [-0.25, -0.2) is 4.39 Å². The van der Waals surface area contributed by atoms with Crippen LogP contribution in [0.3, 0.4) is 0 Å². The van der Waals surface area contributed by atoms with Crippen molar-refractivity contribution >= 4 is 0 Å². The maximum absolute atomic E-state index is 13.3. The van der Waals surface area contributed by atoms with E-state index in [0.29, 0.717) is 0 Å². The van der Waals surface area contributed by atoms with Crippen LogP contribution in [0.25, 0.3) is 0 Å². The second-order valence-electron chi connectivity index (χ2n) is 5.40. The van der Waals surface area contributed by atoms with E-state index in [4.69, 9.17) is 0 Å². The summed E-state index contributed by atoms with van der Waals surface area (Å²) in [5, 5.41) is 3.58. The van der Waals surface area contributed by atoms with Gasteiger partial charge in [0.15, 0.2) is 0 Å². The van der Waals surface area contributed by atoms with Crippen molar-refractivity contribution in [1.82, 2.24) is 10.3 Å². The molecule has 21 heavy (non-hydrogen) atoms. The molecule has 0 aliphatic heterocycles. The SMILES string of the molecule is CCCNC(CCc1ccncc1)c1ccc(F)cc1C. The average molecular weight is 286 g/mol. The van der Waals surface area contributed by atoms with Gasteiger partial charge in [0, 0.05) is 18.4 Å². The third-order valence-electron chi connectivity index (χ3n) is 3.72. The van der Waals surface area contributed by atoms with Crippen LogP contribution in [0.1, 0.15) is 42.5 Å². The van der Waals surface area contributed by atoms with Crippen molar-refractivity contribution in [3.63, 3.8) is 0 Å². The zero-order chi connectivity index (χ0) is 15.1. The third kappa shape index (κ3) is 4.64. The van der Waals surface area contributed by atoms with Gasteiger partial charge in [-0.2, -0.15) is 0 Å². The Bertz CT molecular complexity index is 554. The van der Waals surface area contributed by atoms with E-state index < -0.39 is 0 Å². The third-order valence-corrected chi connectivity index (χ3v) is 3.72. The summed E-state index contributed by atoms with van der Waals surface area (Å²) in [6.45, 7) is 5.10. The maximum atomic E-state index is 13.3. The van der Waals surface area contributed by atoms with E-state index in [1.54, 1.807) is 12.1 Å². The minimum absolute atomic E-state index is 0.167. The van der Waals surface area contributed by atoms with Crippen LogP contribution in [0.4, 0.5) is 4.39 Å². The molecule has 2 rings (SSSR count). The Morgan fingerprint density at radius 3 is 2.62 bits per heavy atom. The molecule has 0 aliphatic carbocycles. The van der Waals surface area contributed by atoms with Crippen molar-refractivity contribution in [3.8, 4) is 0 Å². The summed E-state index contributed by atoms with van der Waals surface area (Å²) >= 11 is 0. The van der Waals surface area contributed by atoms with Crippen LogP contribution in [-0.4, -0.2) is 11.5 Å². The number of hydrogen-bond donors (Lipinski definition) is 1. The number of aromatic nitrogens is 1. The summed E-state index contributed by atoms with van der Waals surface area (Å²) in [4.78, 5) is 4.05. The fourth-order valence-corrected chi connectivity index (χ4v) is 2.58. The Balaban J connectivity index is 2.10. The molecule has 1 atom stereocenters. The monoisotopic (exact) mass is 286 g/mol. The summed E-state index contributed by atoms with van der Waals surface area (Å²) in [6.07, 6.45) is 6.73. The Kier molecular flexibility index (Phi) is 5.88. The second-order valence-corrected chi connectivity index (χ2v) is 5.40. The Morgan fingerprint density at radius 1 is 1.19 bits per heavy atom. The van der Waals surface area contributed by atoms with Gasteiger partial charge in [0.05, 0.1) is 0 Å². The number of hydrogen-bond acceptors (Lipinski definition) is 2. The van der Waals surface area contributed by atoms with Crippen LogP contribution in [0.5, 0.6) is 0 Å². The molecular weight excluding hydrogens is 263 g/mol. The van der Waals surface area contributed by atoms with E-state index in [1.165, 1.54) is 11.1 Å². The highest BCUT2D eigenvalue weighted by atomic mass is 19.1. The van der Waals surface area contributed by atoms with Gasteiger partial charge >= 0.3 is 0 Å². The Morgan fingerprint density at radius 2 is 1.95 bits per heavy atom. The first-order valence-electron chi connectivity index (χ1n) is 7.59. The summed E-state index contributed by atoms with van der Waals surface area (Å²) in [5.74, 6) is -0.167. The number of aryl methyl sites for hydroxylation is 2. The fourth-order valence-electron chi connectivity index (χ4n) is 2.58. The molecule has 3 heteroatoms. The highest BCUT2D eigenvalue weighted by Gasteiger charge is 2.13. The van der Waals surface area contributed by atoms with Crippen molar-refractivity contribution < 1.29 is 4.39 Å². The van der Waals surface area contributed by atoms with Gasteiger partial charge < -0.3 is 5.32 Å². The molecule has 1 aromatic heterocycles. The van der Waals surface area contributed by atoms with Gasteiger partial charge in [-0.1, -0.05) is 13.0 Å². The molecule has 0 saturated carbocycles. The minimum Gasteiger partial charge on any atom is -0.310 e. The Hall–Kier alpha value is -1.74. The number of rotatable bonds is 7. The van der Waals surface area contributed by atoms with E-state index in [-0.39, 0.29) is 11.9 Å². The van der Waals surface area contributed by atoms with E-state index in [1.807, 2.05) is 37.5 Å². The van der Waals surface area contributed by atoms with Gasteiger partial charge in [0.2, 0.25) is 0 Å². The number of benzene rings is 1. The van der Waals surface area contributed by atoms with Gasteiger partial charge in [0.1, 0.15) is 5.82 Å². The van der Waals surface area contributed by atoms with E-state index in [0.717, 1.165) is 31.4 Å². The zero-order valence-corrected chi connectivity index (χ0v) is 12.8. The molecule has 0 amide bonds. The van der Waals surface area contributed by atoms with Crippen LogP contribution in [0, 0.1) is 12.7 Å². The molecule has 2 nitrogen and oxygen atoms in total. The largest absolute Gasteiger partial charge is 0.310 e. The number of nitrogens with one attached hydrogen (secondary N) is 1. The first kappa shape index (κ1) is 15.6. The van der Waals surface area contributed by atoms with E-state index >= 15 is 0 Å². The highest BCUT2D eigenvalue weighted by Crippen LogP contribution is 2.23. The van der Waals surface area contributed by atoms with Crippen LogP contribution in [0.15, 0.2) is 42.7 Å². The van der Waals surface area contributed by atoms with Crippen molar-refractivity contribution in [2.24, 2.45) is 0 Å². The Labute approximate surface area is 126 Å². The average Bonchev–Trinajstić information content (AvgIpc) is 2.49. The lowest BCUT2D eigenvalue weighted by molar-refractivity contribution is 0.496. The molecule has 1 heterocycles. The maximum Gasteiger partial charge on any atom is 0.123 e. The van der Waals surface area contributed by atoms with Gasteiger partial charge in [-0.3, -0.25) is 4.98 Å². The standard InChI is InChI=1S/C18H23FN2/c1-3-10-21-18(7-4-15-8-11-20-12-9-15)17-6-5-16(19)13-14(17)2/h5-6,8-9,11-13,18,21H,3-4,7,10H2,1-2H3. The molecular formula is C18H23FN2. The fraction of sp³-hybridized carbons (Fsp3) is 0.389. The van der Waals surface area contributed by atoms with Crippen molar-refractivity contribution in [2.45, 2.75) is 39.2 Å². The van der Waals surface area contributed by atoms with Crippen LogP contribution in [0.2, 0.25) is 0 Å². The smallest absolute Gasteiger partial charge is 0.123 e. The lowest BCUT2D eigenvalue weighted by Crippen LogP contribution is -2.23. The molecule has 0 fully saturated rings. The molecule has 2 aromatic rings. The second kappa shape index (κ2) is 7.89. The summed E-state index contributed by atoms with van der Waals surface area (Å²) in [5.41, 5.74) is 3.49. The minimum atomic E-state index is -0.167. The molecule has 1 N–H and O–H groups in total. The van der Waals surface area contributed by atoms with E-state index in [2.05, 4.69) is 17.2 Å². The van der Waals surface area contributed by atoms with Crippen molar-refractivity contribution in [1.29, 1.82) is 0 Å². The lowest BCUT2D eigenvalue weighted by atomic mass is 9.95. The van der Waals surface area contributed by atoms with Crippen LogP contribution >= 0.6 is 0 Å². The lowest BCUT2D eigenvalue weighted by Gasteiger charge is -2.21. The first-order chi connectivity index (χ1) is 10.2. The molecule has 112 valence electrons. The normalized spacial score (nSPS) is 12.3. The van der Waals surface area contributed by atoms with Gasteiger partial charge in [-0.15, -0.1) is 0 Å². The molecule has 0 aliphatic rings. The number of pyridine rings is 1. The summed E-state index contributed by atoms with van der Waals surface area (Å²) < 4.78 is 13.3.